The largest absolute Gasteiger partial charge is 0.461 e. The van der Waals surface area contributed by atoms with Gasteiger partial charge in [0, 0.05) is 31.0 Å². The van der Waals surface area contributed by atoms with Gasteiger partial charge in [-0.15, -0.1) is 0 Å². The van der Waals surface area contributed by atoms with Gasteiger partial charge in [0.2, 0.25) is 0 Å². The van der Waals surface area contributed by atoms with Crippen molar-refractivity contribution < 1.29 is 19.1 Å². The third-order valence-electron chi connectivity index (χ3n) is 5.18. The number of rotatable bonds is 7. The van der Waals surface area contributed by atoms with Gasteiger partial charge in [-0.05, 0) is 56.9 Å². The van der Waals surface area contributed by atoms with E-state index in [-0.39, 0.29) is 18.0 Å². The molecule has 2 heterocycles. The van der Waals surface area contributed by atoms with E-state index in [1.807, 2.05) is 49.1 Å². The second-order valence-electron chi connectivity index (χ2n) is 7.14. The van der Waals surface area contributed by atoms with Gasteiger partial charge in [-0.2, -0.15) is 0 Å². The van der Waals surface area contributed by atoms with Crippen LogP contribution in [0, 0.1) is 13.8 Å². The van der Waals surface area contributed by atoms with Crippen LogP contribution in [0.3, 0.4) is 0 Å². The number of carbonyl (C=O) groups excluding carboxylic acids is 2. The number of nitrogens with one attached hydrogen (secondary N) is 1. The lowest BCUT2D eigenvalue weighted by Crippen LogP contribution is -2.37. The molecule has 0 spiro atoms. The lowest BCUT2D eigenvalue weighted by Gasteiger charge is -2.26. The summed E-state index contributed by atoms with van der Waals surface area (Å²) in [5.41, 5.74) is 3.76. The number of ether oxygens (including phenoxy) is 2. The summed E-state index contributed by atoms with van der Waals surface area (Å²) in [5, 5.41) is 0. The molecule has 3 rings (SSSR count). The molecule has 1 aromatic heterocycles. The van der Waals surface area contributed by atoms with E-state index in [1.165, 1.54) is 0 Å². The highest BCUT2D eigenvalue weighted by atomic mass is 16.5. The van der Waals surface area contributed by atoms with Crippen LogP contribution in [0.15, 0.2) is 30.3 Å². The van der Waals surface area contributed by atoms with Crippen LogP contribution in [0.4, 0.5) is 0 Å². The maximum Gasteiger partial charge on any atom is 0.355 e. The first-order chi connectivity index (χ1) is 13.5. The minimum Gasteiger partial charge on any atom is -0.461 e. The number of aromatic amines is 1. The third-order valence-corrected chi connectivity index (χ3v) is 5.18. The van der Waals surface area contributed by atoms with E-state index < -0.39 is 0 Å². The number of H-pyrrole nitrogens is 1. The zero-order valence-electron chi connectivity index (χ0n) is 16.8. The molecule has 6 nitrogen and oxygen atoms in total. The van der Waals surface area contributed by atoms with Crippen molar-refractivity contribution in [2.24, 2.45) is 0 Å². The molecule has 0 aliphatic carbocycles. The summed E-state index contributed by atoms with van der Waals surface area (Å²) in [6.07, 6.45) is 2.03. The Hall–Kier alpha value is -2.60. The summed E-state index contributed by atoms with van der Waals surface area (Å²) in [6, 6.07) is 9.27. The van der Waals surface area contributed by atoms with E-state index in [0.717, 1.165) is 36.3 Å². The molecular weight excluding hydrogens is 356 g/mol. The number of amides is 1. The van der Waals surface area contributed by atoms with Crippen LogP contribution < -0.4 is 0 Å². The number of aryl methyl sites for hydroxylation is 1. The van der Waals surface area contributed by atoms with Crippen molar-refractivity contribution in [1.29, 1.82) is 0 Å². The monoisotopic (exact) mass is 384 g/mol. The molecule has 28 heavy (non-hydrogen) atoms. The summed E-state index contributed by atoms with van der Waals surface area (Å²) in [4.78, 5) is 30.3. The molecule has 1 aliphatic heterocycles. The molecular formula is C22H28N2O4. The number of hydrogen-bond donors (Lipinski definition) is 1. The first-order valence-electron chi connectivity index (χ1n) is 9.82. The van der Waals surface area contributed by atoms with Crippen molar-refractivity contribution in [1.82, 2.24) is 9.88 Å². The number of esters is 1. The van der Waals surface area contributed by atoms with Crippen LogP contribution in [0.2, 0.25) is 0 Å². The van der Waals surface area contributed by atoms with Crippen LogP contribution in [-0.2, 0) is 16.0 Å². The Morgan fingerprint density at radius 1 is 1.25 bits per heavy atom. The van der Waals surface area contributed by atoms with Gasteiger partial charge in [0.05, 0.1) is 12.7 Å². The van der Waals surface area contributed by atoms with Gasteiger partial charge < -0.3 is 19.4 Å². The fourth-order valence-electron chi connectivity index (χ4n) is 3.64. The second kappa shape index (κ2) is 9.06. The molecule has 2 aromatic rings. The maximum absolute atomic E-state index is 13.2. The predicted molar refractivity (Wildman–Crippen MR) is 106 cm³/mol. The van der Waals surface area contributed by atoms with Crippen LogP contribution in [0.1, 0.15) is 57.4 Å². The van der Waals surface area contributed by atoms with Crippen molar-refractivity contribution in [3.8, 4) is 0 Å². The Labute approximate surface area is 165 Å². The average molecular weight is 384 g/mol. The van der Waals surface area contributed by atoms with E-state index in [2.05, 4.69) is 4.98 Å². The third kappa shape index (κ3) is 4.44. The van der Waals surface area contributed by atoms with Gasteiger partial charge in [0.1, 0.15) is 5.69 Å². The molecule has 0 bridgehead atoms. The fourth-order valence-corrected chi connectivity index (χ4v) is 3.64. The van der Waals surface area contributed by atoms with Gasteiger partial charge in [-0.3, -0.25) is 4.79 Å². The van der Waals surface area contributed by atoms with Crippen LogP contribution >= 0.6 is 0 Å². The Kier molecular flexibility index (Phi) is 6.52. The maximum atomic E-state index is 13.2. The molecule has 1 unspecified atom stereocenters. The minimum atomic E-state index is -0.366. The van der Waals surface area contributed by atoms with Crippen molar-refractivity contribution in [3.63, 3.8) is 0 Å². The molecule has 1 amide bonds. The smallest absolute Gasteiger partial charge is 0.355 e. The predicted octanol–water partition coefficient (Wildman–Crippen LogP) is 3.63. The average Bonchev–Trinajstić information content (AvgIpc) is 3.31. The van der Waals surface area contributed by atoms with Gasteiger partial charge in [-0.1, -0.05) is 18.2 Å². The number of hydrogen-bond acceptors (Lipinski definition) is 4. The van der Waals surface area contributed by atoms with E-state index in [4.69, 9.17) is 9.47 Å². The molecule has 0 radical (unpaired) electrons. The number of benzene rings is 1. The topological polar surface area (TPSA) is 71.6 Å². The van der Waals surface area contributed by atoms with E-state index in [0.29, 0.717) is 31.0 Å². The molecule has 0 saturated carbocycles. The standard InChI is InChI=1S/C22H28N2O4/c1-4-27-22(26)20-15(2)19(16(3)23-20)14-24(13-18-11-8-12-28-18)21(25)17-9-6-5-7-10-17/h5-7,9-10,18,23H,4,8,11-14H2,1-3H3. The molecule has 150 valence electrons. The zero-order valence-corrected chi connectivity index (χ0v) is 16.8. The lowest BCUT2D eigenvalue weighted by molar-refractivity contribution is 0.0506. The van der Waals surface area contributed by atoms with Crippen molar-refractivity contribution >= 4 is 11.9 Å². The minimum absolute atomic E-state index is 0.0335. The SMILES string of the molecule is CCOC(=O)c1[nH]c(C)c(CN(CC2CCCO2)C(=O)c2ccccc2)c1C. The van der Waals surface area contributed by atoms with Crippen LogP contribution in [0.5, 0.6) is 0 Å². The zero-order chi connectivity index (χ0) is 20.1. The quantitative estimate of drug-likeness (QED) is 0.740. The van der Waals surface area contributed by atoms with Gasteiger partial charge in [0.25, 0.3) is 5.91 Å². The number of carbonyl (C=O) groups is 2. The molecule has 1 aliphatic rings. The summed E-state index contributed by atoms with van der Waals surface area (Å²) in [6.45, 7) is 7.61. The van der Waals surface area contributed by atoms with Crippen molar-refractivity contribution in [3.05, 3.63) is 58.4 Å². The van der Waals surface area contributed by atoms with Crippen LogP contribution in [-0.4, -0.2) is 47.6 Å². The number of nitrogens with zero attached hydrogens (tertiary/aromatic N) is 1. The molecule has 1 aromatic carbocycles. The second-order valence-corrected chi connectivity index (χ2v) is 7.14. The highest BCUT2D eigenvalue weighted by Gasteiger charge is 2.26. The first kappa shape index (κ1) is 20.1. The van der Waals surface area contributed by atoms with Crippen molar-refractivity contribution in [2.45, 2.75) is 46.3 Å². The highest BCUT2D eigenvalue weighted by Crippen LogP contribution is 2.23. The summed E-state index contributed by atoms with van der Waals surface area (Å²) >= 11 is 0. The summed E-state index contributed by atoms with van der Waals surface area (Å²) in [7, 11) is 0. The Bertz CT molecular complexity index is 823. The lowest BCUT2D eigenvalue weighted by atomic mass is 10.1. The Morgan fingerprint density at radius 2 is 2.00 bits per heavy atom. The summed E-state index contributed by atoms with van der Waals surface area (Å²) in [5.74, 6) is -0.400. The molecule has 1 atom stereocenters. The fraction of sp³-hybridized carbons (Fsp3) is 0.455. The van der Waals surface area contributed by atoms with Crippen LogP contribution in [0.25, 0.3) is 0 Å². The van der Waals surface area contributed by atoms with Gasteiger partial charge in [0.15, 0.2) is 0 Å². The van der Waals surface area contributed by atoms with E-state index in [9.17, 15) is 9.59 Å². The van der Waals surface area contributed by atoms with E-state index in [1.54, 1.807) is 6.92 Å². The molecule has 1 N–H and O–H groups in total. The summed E-state index contributed by atoms with van der Waals surface area (Å²) < 4.78 is 10.9. The molecule has 1 saturated heterocycles. The highest BCUT2D eigenvalue weighted by molar-refractivity contribution is 5.94. The first-order valence-corrected chi connectivity index (χ1v) is 9.82. The molecule has 1 fully saturated rings. The molecule has 6 heteroatoms. The van der Waals surface area contributed by atoms with Gasteiger partial charge in [-0.25, -0.2) is 4.79 Å². The van der Waals surface area contributed by atoms with Crippen molar-refractivity contribution in [2.75, 3.05) is 19.8 Å². The van der Waals surface area contributed by atoms with E-state index >= 15 is 0 Å². The number of aromatic nitrogens is 1. The van der Waals surface area contributed by atoms with Gasteiger partial charge >= 0.3 is 5.97 Å². The normalized spacial score (nSPS) is 16.2. The Balaban J connectivity index is 1.87. The Morgan fingerprint density at radius 3 is 2.64 bits per heavy atom.